The van der Waals surface area contributed by atoms with Crippen LogP contribution in [0.15, 0.2) is 48.7 Å². The van der Waals surface area contributed by atoms with E-state index in [1.54, 1.807) is 18.2 Å². The Kier molecular flexibility index (Phi) is 7.24. The van der Waals surface area contributed by atoms with Crippen molar-refractivity contribution in [2.24, 2.45) is 12.5 Å². The van der Waals surface area contributed by atoms with Gasteiger partial charge in [-0.15, -0.1) is 0 Å². The van der Waals surface area contributed by atoms with E-state index in [0.29, 0.717) is 35.9 Å². The van der Waals surface area contributed by atoms with Crippen LogP contribution in [0, 0.1) is 5.41 Å². The van der Waals surface area contributed by atoms with Crippen LogP contribution in [0.3, 0.4) is 0 Å². The number of aryl methyl sites for hydroxylation is 1. The lowest BCUT2D eigenvalue weighted by Gasteiger charge is -2.42. The van der Waals surface area contributed by atoms with Crippen LogP contribution in [0.5, 0.6) is 5.75 Å². The Balaban J connectivity index is 1.26. The fourth-order valence-electron chi connectivity index (χ4n) is 5.72. The van der Waals surface area contributed by atoms with E-state index in [-0.39, 0.29) is 17.2 Å². The Morgan fingerprint density at radius 2 is 1.89 bits per heavy atom. The van der Waals surface area contributed by atoms with E-state index < -0.39 is 0 Å². The van der Waals surface area contributed by atoms with Gasteiger partial charge in [0.25, 0.3) is 5.91 Å². The summed E-state index contributed by atoms with van der Waals surface area (Å²) in [7, 11) is 2.03. The largest absolute Gasteiger partial charge is 0.493 e. The number of carbonyl (C=O) groups excluding carboxylic acids is 2. The van der Waals surface area contributed by atoms with Crippen LogP contribution in [0.25, 0.3) is 10.9 Å². The number of halogens is 1. The third-order valence-electron chi connectivity index (χ3n) is 7.92. The molecule has 1 aromatic heterocycles. The number of hydrogen-bond acceptors (Lipinski definition) is 3. The first kappa shape index (κ1) is 24.7. The van der Waals surface area contributed by atoms with Crippen molar-refractivity contribution in [2.75, 3.05) is 26.2 Å². The summed E-state index contributed by atoms with van der Waals surface area (Å²) in [6, 6.07) is 13.4. The Labute approximate surface area is 217 Å². The molecule has 2 aliphatic rings. The first-order valence-corrected chi connectivity index (χ1v) is 13.3. The maximum atomic E-state index is 13.2. The van der Waals surface area contributed by atoms with Crippen molar-refractivity contribution in [3.8, 4) is 5.75 Å². The number of fused-ring (bicyclic) bond motifs is 2. The number of piperidine rings is 1. The summed E-state index contributed by atoms with van der Waals surface area (Å²) in [4.78, 5) is 28.3. The molecule has 3 aromatic rings. The number of amides is 2. The number of likely N-dealkylation sites (tertiary alicyclic amines) is 1. The normalized spacial score (nSPS) is 18.6. The molecule has 0 unspecified atom stereocenters. The molecule has 2 aromatic carbocycles. The molecular formula is C29H34ClN3O3. The van der Waals surface area contributed by atoms with Crippen LogP contribution in [0.4, 0.5) is 0 Å². The van der Waals surface area contributed by atoms with Gasteiger partial charge in [0.05, 0.1) is 18.6 Å². The second-order valence-corrected chi connectivity index (χ2v) is 10.8. The zero-order chi connectivity index (χ0) is 25.1. The van der Waals surface area contributed by atoms with Gasteiger partial charge < -0.3 is 19.5 Å². The van der Waals surface area contributed by atoms with Crippen LogP contribution >= 0.6 is 11.6 Å². The molecule has 1 spiro atoms. The van der Waals surface area contributed by atoms with Gasteiger partial charge in [0.2, 0.25) is 5.91 Å². The Morgan fingerprint density at radius 3 is 2.72 bits per heavy atom. The topological polar surface area (TPSA) is 63.6 Å². The minimum absolute atomic E-state index is 0.00464. The summed E-state index contributed by atoms with van der Waals surface area (Å²) < 4.78 is 7.97. The quantitative estimate of drug-likeness (QED) is 0.507. The van der Waals surface area contributed by atoms with Crippen LogP contribution in [0.2, 0.25) is 5.02 Å². The molecule has 0 atom stereocenters. The van der Waals surface area contributed by atoms with Crippen molar-refractivity contribution >= 4 is 34.3 Å². The van der Waals surface area contributed by atoms with Crippen LogP contribution in [-0.2, 0) is 18.3 Å². The standard InChI is InChI=1S/C29H34ClN3O3/c1-32-19-21(23-7-3-4-8-25(23)32)17-27(34)33-14-12-29(13-15-33)11-5-2-6-16-36-26-10-9-22(30)18-24(26)28(35)31-20-29/h3-4,7-10,18-19H,2,5-6,11-17,20H2,1H3,(H,31,35). The number of para-hydroxylation sites is 1. The van der Waals surface area contributed by atoms with Crippen molar-refractivity contribution in [1.29, 1.82) is 0 Å². The lowest BCUT2D eigenvalue weighted by Crippen LogP contribution is -2.48. The van der Waals surface area contributed by atoms with Gasteiger partial charge >= 0.3 is 0 Å². The summed E-state index contributed by atoms with van der Waals surface area (Å²) in [6.45, 7) is 2.64. The van der Waals surface area contributed by atoms with E-state index in [1.807, 2.05) is 24.1 Å². The SMILES string of the molecule is Cn1cc(CC(=O)N2CCC3(CCCCCOc4ccc(Cl)cc4C(=O)NC3)CC2)c2ccccc21. The number of aromatic nitrogens is 1. The number of hydrogen-bond donors (Lipinski definition) is 1. The first-order valence-electron chi connectivity index (χ1n) is 13.0. The highest BCUT2D eigenvalue weighted by molar-refractivity contribution is 6.31. The third kappa shape index (κ3) is 5.24. The van der Waals surface area contributed by atoms with Gasteiger partial charge in [-0.1, -0.05) is 42.6 Å². The smallest absolute Gasteiger partial charge is 0.255 e. The van der Waals surface area contributed by atoms with Gasteiger partial charge in [-0.05, 0) is 60.9 Å². The maximum absolute atomic E-state index is 13.2. The number of rotatable bonds is 2. The Hall–Kier alpha value is -2.99. The van der Waals surface area contributed by atoms with E-state index in [1.165, 1.54) is 0 Å². The van der Waals surface area contributed by atoms with Crippen molar-refractivity contribution in [3.05, 3.63) is 64.8 Å². The monoisotopic (exact) mass is 507 g/mol. The molecule has 6 nitrogen and oxygen atoms in total. The molecule has 7 heteroatoms. The summed E-state index contributed by atoms with van der Waals surface area (Å²) in [6.07, 6.45) is 8.46. The highest BCUT2D eigenvalue weighted by Crippen LogP contribution is 2.37. The zero-order valence-corrected chi connectivity index (χ0v) is 21.7. The fraction of sp³-hybridized carbons (Fsp3) is 0.448. The molecule has 3 heterocycles. The molecule has 1 N–H and O–H groups in total. The van der Waals surface area contributed by atoms with Gasteiger partial charge in [-0.25, -0.2) is 0 Å². The van der Waals surface area contributed by atoms with E-state index in [2.05, 4.69) is 28.2 Å². The molecule has 0 bridgehead atoms. The number of nitrogens with zero attached hydrogens (tertiary/aromatic N) is 2. The molecule has 2 aliphatic heterocycles. The van der Waals surface area contributed by atoms with Crippen molar-refractivity contribution in [1.82, 2.24) is 14.8 Å². The minimum Gasteiger partial charge on any atom is -0.493 e. The van der Waals surface area contributed by atoms with E-state index in [0.717, 1.165) is 68.1 Å². The van der Waals surface area contributed by atoms with Crippen molar-refractivity contribution < 1.29 is 14.3 Å². The molecule has 1 fully saturated rings. The van der Waals surface area contributed by atoms with Crippen LogP contribution < -0.4 is 10.1 Å². The number of ether oxygens (including phenoxy) is 1. The van der Waals surface area contributed by atoms with Crippen LogP contribution in [0.1, 0.15) is 54.4 Å². The zero-order valence-electron chi connectivity index (χ0n) is 20.9. The summed E-state index contributed by atoms with van der Waals surface area (Å²) >= 11 is 6.17. The average molecular weight is 508 g/mol. The lowest BCUT2D eigenvalue weighted by molar-refractivity contribution is -0.132. The molecule has 0 aliphatic carbocycles. The van der Waals surface area contributed by atoms with E-state index in [9.17, 15) is 9.59 Å². The van der Waals surface area contributed by atoms with Crippen LogP contribution in [-0.4, -0.2) is 47.5 Å². The van der Waals surface area contributed by atoms with Gasteiger partial charge in [0.1, 0.15) is 5.75 Å². The van der Waals surface area contributed by atoms with Crippen molar-refractivity contribution in [3.63, 3.8) is 0 Å². The highest BCUT2D eigenvalue weighted by Gasteiger charge is 2.36. The first-order chi connectivity index (χ1) is 17.4. The summed E-state index contributed by atoms with van der Waals surface area (Å²) in [5.41, 5.74) is 2.72. The molecule has 0 radical (unpaired) electrons. The molecule has 1 saturated heterocycles. The van der Waals surface area contributed by atoms with Crippen molar-refractivity contribution in [2.45, 2.75) is 44.9 Å². The highest BCUT2D eigenvalue weighted by atomic mass is 35.5. The van der Waals surface area contributed by atoms with Gasteiger partial charge in [-0.3, -0.25) is 9.59 Å². The summed E-state index contributed by atoms with van der Waals surface area (Å²) in [5.74, 6) is 0.612. The molecular weight excluding hydrogens is 474 g/mol. The van der Waals surface area contributed by atoms with E-state index in [4.69, 9.17) is 16.3 Å². The Bertz CT molecular complexity index is 1260. The summed E-state index contributed by atoms with van der Waals surface area (Å²) in [5, 5.41) is 4.83. The second-order valence-electron chi connectivity index (χ2n) is 10.3. The average Bonchev–Trinajstić information content (AvgIpc) is 3.20. The van der Waals surface area contributed by atoms with Gasteiger partial charge in [0, 0.05) is 48.8 Å². The molecule has 2 amide bonds. The molecule has 0 saturated carbocycles. The Morgan fingerprint density at radius 1 is 1.08 bits per heavy atom. The second kappa shape index (κ2) is 10.6. The third-order valence-corrected chi connectivity index (χ3v) is 8.15. The molecule has 36 heavy (non-hydrogen) atoms. The number of nitrogens with one attached hydrogen (secondary N) is 1. The van der Waals surface area contributed by atoms with E-state index >= 15 is 0 Å². The molecule has 5 rings (SSSR count). The fourth-order valence-corrected chi connectivity index (χ4v) is 5.89. The maximum Gasteiger partial charge on any atom is 0.255 e. The minimum atomic E-state index is -0.151. The molecule has 190 valence electrons. The van der Waals surface area contributed by atoms with Gasteiger partial charge in [0.15, 0.2) is 0 Å². The lowest BCUT2D eigenvalue weighted by atomic mass is 9.74. The predicted molar refractivity (Wildman–Crippen MR) is 143 cm³/mol. The number of carbonyl (C=O) groups is 2. The number of benzene rings is 2. The van der Waals surface area contributed by atoms with Gasteiger partial charge in [-0.2, -0.15) is 0 Å². The predicted octanol–water partition coefficient (Wildman–Crippen LogP) is 5.37.